The predicted octanol–water partition coefficient (Wildman–Crippen LogP) is 3.71. The van der Waals surface area contributed by atoms with Crippen LogP contribution >= 0.6 is 11.3 Å². The minimum atomic E-state index is 0.0362. The molecule has 0 aliphatic rings. The van der Waals surface area contributed by atoms with Crippen molar-refractivity contribution in [3.05, 3.63) is 40.1 Å². The van der Waals surface area contributed by atoms with Gasteiger partial charge in [-0.2, -0.15) is 0 Å². The minimum Gasteiger partial charge on any atom is -0.502 e. The zero-order valence-corrected chi connectivity index (χ0v) is 13.4. The maximum Gasteiger partial charge on any atom is 0.200 e. The molecule has 2 rings (SSSR count). The van der Waals surface area contributed by atoms with Crippen molar-refractivity contribution < 1.29 is 14.6 Å². The molecule has 1 unspecified atom stereocenters. The molecular weight excluding hydrogens is 286 g/mol. The molecule has 114 valence electrons. The SMILES string of the molecule is CCC(NCc1cc(OC)c(O)c(OC)c1)c1cccs1. The highest BCUT2D eigenvalue weighted by Gasteiger charge is 2.13. The average molecular weight is 307 g/mol. The Morgan fingerprint density at radius 1 is 1.24 bits per heavy atom. The molecule has 0 saturated carbocycles. The van der Waals surface area contributed by atoms with E-state index < -0.39 is 0 Å². The number of hydrogen-bond donors (Lipinski definition) is 2. The molecule has 0 saturated heterocycles. The molecule has 1 heterocycles. The molecule has 0 bridgehead atoms. The molecule has 0 radical (unpaired) electrons. The fourth-order valence-corrected chi connectivity index (χ4v) is 3.11. The number of hydrogen-bond acceptors (Lipinski definition) is 5. The van der Waals surface area contributed by atoms with Gasteiger partial charge in [0.1, 0.15) is 0 Å². The standard InChI is InChI=1S/C16H21NO3S/c1-4-12(15-6-5-7-21-15)17-10-11-8-13(19-2)16(18)14(9-11)20-3/h5-9,12,17-18H,4,10H2,1-3H3. The van der Waals surface area contributed by atoms with Gasteiger partial charge >= 0.3 is 0 Å². The lowest BCUT2D eigenvalue weighted by Crippen LogP contribution is -2.19. The molecule has 1 aromatic carbocycles. The van der Waals surface area contributed by atoms with Crippen molar-refractivity contribution in [2.75, 3.05) is 14.2 Å². The highest BCUT2D eigenvalue weighted by molar-refractivity contribution is 7.10. The maximum absolute atomic E-state index is 9.92. The van der Waals surface area contributed by atoms with Crippen molar-refractivity contribution in [2.45, 2.75) is 25.9 Å². The van der Waals surface area contributed by atoms with Crippen molar-refractivity contribution >= 4 is 11.3 Å². The number of aromatic hydroxyl groups is 1. The molecule has 0 spiro atoms. The van der Waals surface area contributed by atoms with Gasteiger partial charge in [-0.25, -0.2) is 0 Å². The molecule has 0 amide bonds. The Balaban J connectivity index is 2.12. The molecule has 0 aliphatic heterocycles. The highest BCUT2D eigenvalue weighted by atomic mass is 32.1. The number of phenolic OH excluding ortho intramolecular Hbond substituents is 1. The van der Waals surface area contributed by atoms with Crippen LogP contribution < -0.4 is 14.8 Å². The summed E-state index contributed by atoms with van der Waals surface area (Å²) in [4.78, 5) is 1.33. The fraction of sp³-hybridized carbons (Fsp3) is 0.375. The van der Waals surface area contributed by atoms with E-state index in [2.05, 4.69) is 29.8 Å². The molecule has 1 atom stereocenters. The van der Waals surface area contributed by atoms with Crippen molar-refractivity contribution in [3.8, 4) is 17.2 Å². The van der Waals surface area contributed by atoms with Crippen molar-refractivity contribution in [1.29, 1.82) is 0 Å². The Kier molecular flexibility index (Phi) is 5.47. The van der Waals surface area contributed by atoms with Crippen LogP contribution in [-0.2, 0) is 6.54 Å². The van der Waals surface area contributed by atoms with Gasteiger partial charge in [0.15, 0.2) is 11.5 Å². The zero-order chi connectivity index (χ0) is 15.2. The van der Waals surface area contributed by atoms with E-state index in [-0.39, 0.29) is 5.75 Å². The van der Waals surface area contributed by atoms with Gasteiger partial charge in [-0.3, -0.25) is 0 Å². The number of benzene rings is 1. The monoisotopic (exact) mass is 307 g/mol. The molecule has 2 aromatic rings. The van der Waals surface area contributed by atoms with Gasteiger partial charge in [0.05, 0.1) is 14.2 Å². The van der Waals surface area contributed by atoms with Crippen LogP contribution in [0.15, 0.2) is 29.6 Å². The number of rotatable bonds is 7. The molecule has 2 N–H and O–H groups in total. The van der Waals surface area contributed by atoms with E-state index in [9.17, 15) is 5.11 Å². The quantitative estimate of drug-likeness (QED) is 0.818. The van der Waals surface area contributed by atoms with Crippen molar-refractivity contribution in [2.24, 2.45) is 0 Å². The second-order valence-corrected chi connectivity index (χ2v) is 5.69. The van der Waals surface area contributed by atoms with Crippen LogP contribution in [0.2, 0.25) is 0 Å². The number of thiophene rings is 1. The van der Waals surface area contributed by atoms with Crippen LogP contribution in [0.25, 0.3) is 0 Å². The lowest BCUT2D eigenvalue weighted by atomic mass is 10.1. The van der Waals surface area contributed by atoms with Crippen LogP contribution in [0.4, 0.5) is 0 Å². The third kappa shape index (κ3) is 3.68. The normalized spacial score (nSPS) is 12.1. The second kappa shape index (κ2) is 7.33. The Morgan fingerprint density at radius 3 is 2.38 bits per heavy atom. The molecule has 21 heavy (non-hydrogen) atoms. The first-order valence-electron chi connectivity index (χ1n) is 6.90. The summed E-state index contributed by atoms with van der Waals surface area (Å²) in [5, 5.41) is 15.5. The number of ether oxygens (including phenoxy) is 2. The van der Waals surface area contributed by atoms with E-state index in [4.69, 9.17) is 9.47 Å². The summed E-state index contributed by atoms with van der Waals surface area (Å²) in [6.45, 7) is 2.85. The summed E-state index contributed by atoms with van der Waals surface area (Å²) >= 11 is 1.76. The predicted molar refractivity (Wildman–Crippen MR) is 85.4 cm³/mol. The van der Waals surface area contributed by atoms with Crippen LogP contribution in [0.5, 0.6) is 17.2 Å². The van der Waals surface area contributed by atoms with Gasteiger partial charge < -0.3 is 19.9 Å². The molecular formula is C16H21NO3S. The van der Waals surface area contributed by atoms with Gasteiger partial charge in [0.25, 0.3) is 0 Å². The lowest BCUT2D eigenvalue weighted by molar-refractivity contribution is 0.338. The summed E-state index contributed by atoms with van der Waals surface area (Å²) in [6, 6.07) is 8.19. The Hall–Kier alpha value is -1.72. The van der Waals surface area contributed by atoms with Gasteiger partial charge in [0, 0.05) is 17.5 Å². The van der Waals surface area contributed by atoms with Gasteiger partial charge in [0.2, 0.25) is 5.75 Å². The van der Waals surface area contributed by atoms with Crippen LogP contribution in [-0.4, -0.2) is 19.3 Å². The van der Waals surface area contributed by atoms with E-state index in [1.54, 1.807) is 11.3 Å². The Morgan fingerprint density at radius 2 is 1.90 bits per heavy atom. The molecule has 5 heteroatoms. The Bertz CT molecular complexity index is 544. The summed E-state index contributed by atoms with van der Waals surface area (Å²) in [6.07, 6.45) is 1.02. The first-order valence-corrected chi connectivity index (χ1v) is 7.78. The molecule has 0 aliphatic carbocycles. The third-order valence-electron chi connectivity index (χ3n) is 3.39. The highest BCUT2D eigenvalue weighted by Crippen LogP contribution is 2.37. The topological polar surface area (TPSA) is 50.7 Å². The summed E-state index contributed by atoms with van der Waals surface area (Å²) in [5.74, 6) is 0.889. The second-order valence-electron chi connectivity index (χ2n) is 4.71. The van der Waals surface area contributed by atoms with Gasteiger partial charge in [-0.05, 0) is 35.6 Å². The maximum atomic E-state index is 9.92. The third-order valence-corrected chi connectivity index (χ3v) is 4.37. The number of nitrogens with one attached hydrogen (secondary N) is 1. The minimum absolute atomic E-state index is 0.0362. The van der Waals surface area contributed by atoms with Crippen molar-refractivity contribution in [1.82, 2.24) is 5.32 Å². The number of methoxy groups -OCH3 is 2. The first kappa shape index (κ1) is 15.7. The fourth-order valence-electron chi connectivity index (χ4n) is 2.23. The van der Waals surface area contributed by atoms with E-state index in [0.29, 0.717) is 24.1 Å². The van der Waals surface area contributed by atoms with Crippen LogP contribution in [0.1, 0.15) is 29.8 Å². The van der Waals surface area contributed by atoms with E-state index in [0.717, 1.165) is 12.0 Å². The smallest absolute Gasteiger partial charge is 0.200 e. The van der Waals surface area contributed by atoms with Gasteiger partial charge in [-0.1, -0.05) is 13.0 Å². The first-order chi connectivity index (χ1) is 10.2. The Labute approximate surface area is 129 Å². The molecule has 1 aromatic heterocycles. The van der Waals surface area contributed by atoms with E-state index in [1.807, 2.05) is 12.1 Å². The van der Waals surface area contributed by atoms with E-state index >= 15 is 0 Å². The van der Waals surface area contributed by atoms with Crippen LogP contribution in [0.3, 0.4) is 0 Å². The average Bonchev–Trinajstić information content (AvgIpc) is 3.03. The van der Waals surface area contributed by atoms with E-state index in [1.165, 1.54) is 19.1 Å². The molecule has 4 nitrogen and oxygen atoms in total. The lowest BCUT2D eigenvalue weighted by Gasteiger charge is -2.17. The summed E-state index contributed by atoms with van der Waals surface area (Å²) in [5.41, 5.74) is 1.01. The molecule has 0 fully saturated rings. The zero-order valence-electron chi connectivity index (χ0n) is 12.6. The summed E-state index contributed by atoms with van der Waals surface area (Å²) < 4.78 is 10.4. The van der Waals surface area contributed by atoms with Gasteiger partial charge in [-0.15, -0.1) is 11.3 Å². The number of phenols is 1. The van der Waals surface area contributed by atoms with Crippen molar-refractivity contribution in [3.63, 3.8) is 0 Å². The summed E-state index contributed by atoms with van der Waals surface area (Å²) in [7, 11) is 3.07. The van der Waals surface area contributed by atoms with Crippen LogP contribution in [0, 0.1) is 0 Å². The largest absolute Gasteiger partial charge is 0.502 e.